The highest BCUT2D eigenvalue weighted by Crippen LogP contribution is 2.30. The molecule has 1 amide bonds. The van der Waals surface area contributed by atoms with Crippen molar-refractivity contribution in [2.24, 2.45) is 0 Å². The maximum absolute atomic E-state index is 12.0. The largest absolute Gasteiger partial charge is 0.444 e. The summed E-state index contributed by atoms with van der Waals surface area (Å²) in [7, 11) is 0. The zero-order valence-corrected chi connectivity index (χ0v) is 14.8. The van der Waals surface area contributed by atoms with Gasteiger partial charge >= 0.3 is 6.09 Å². The number of carbonyl (C=O) groups is 2. The van der Waals surface area contributed by atoms with Gasteiger partial charge in [-0.25, -0.2) is 4.79 Å². The van der Waals surface area contributed by atoms with E-state index in [-0.39, 0.29) is 0 Å². The van der Waals surface area contributed by atoms with Crippen molar-refractivity contribution in [2.75, 3.05) is 5.32 Å². The normalized spacial score (nSPS) is 11.0. The molecule has 0 radical (unpaired) electrons. The number of ether oxygens (including phenoxy) is 1. The summed E-state index contributed by atoms with van der Waals surface area (Å²) in [4.78, 5) is 23.3. The van der Waals surface area contributed by atoms with Crippen LogP contribution in [0.5, 0.6) is 0 Å². The van der Waals surface area contributed by atoms with Gasteiger partial charge in [-0.1, -0.05) is 18.2 Å². The summed E-state index contributed by atoms with van der Waals surface area (Å²) in [6.07, 6.45) is 0.232. The zero-order chi connectivity index (χ0) is 17.9. The first-order valence-electron chi connectivity index (χ1n) is 7.86. The molecule has 0 atom stereocenters. The summed E-state index contributed by atoms with van der Waals surface area (Å²) in [5.41, 5.74) is 4.63. The molecule has 0 saturated heterocycles. The van der Waals surface area contributed by atoms with Crippen molar-refractivity contribution in [1.29, 1.82) is 0 Å². The van der Waals surface area contributed by atoms with Gasteiger partial charge in [0.15, 0.2) is 0 Å². The van der Waals surface area contributed by atoms with Crippen molar-refractivity contribution >= 4 is 18.1 Å². The Hall–Kier alpha value is -2.62. The summed E-state index contributed by atoms with van der Waals surface area (Å²) in [5.74, 6) is 0. The van der Waals surface area contributed by atoms with Crippen molar-refractivity contribution in [3.05, 3.63) is 53.1 Å². The third kappa shape index (κ3) is 4.44. The van der Waals surface area contributed by atoms with Crippen LogP contribution in [-0.4, -0.2) is 18.0 Å². The fourth-order valence-electron chi connectivity index (χ4n) is 2.63. The number of rotatable bonds is 3. The SMILES string of the molecule is Cc1cccc(C)c1-c1cc(C=O)cc(NC(=O)OC(C)(C)C)c1. The zero-order valence-electron chi connectivity index (χ0n) is 14.8. The number of hydrogen-bond acceptors (Lipinski definition) is 3. The average Bonchev–Trinajstić information content (AvgIpc) is 2.44. The molecule has 0 aliphatic carbocycles. The van der Waals surface area contributed by atoms with Gasteiger partial charge in [0.1, 0.15) is 11.9 Å². The molecule has 0 aliphatic heterocycles. The van der Waals surface area contributed by atoms with Crippen LogP contribution in [0.25, 0.3) is 11.1 Å². The minimum absolute atomic E-state index is 0.501. The lowest BCUT2D eigenvalue weighted by Gasteiger charge is -2.20. The van der Waals surface area contributed by atoms with E-state index >= 15 is 0 Å². The summed E-state index contributed by atoms with van der Waals surface area (Å²) < 4.78 is 5.27. The van der Waals surface area contributed by atoms with Gasteiger partial charge in [0.25, 0.3) is 0 Å². The molecule has 24 heavy (non-hydrogen) atoms. The van der Waals surface area contributed by atoms with Gasteiger partial charge in [-0.15, -0.1) is 0 Å². The predicted octanol–water partition coefficient (Wildman–Crippen LogP) is 5.13. The minimum atomic E-state index is -0.582. The highest BCUT2D eigenvalue weighted by Gasteiger charge is 2.17. The maximum Gasteiger partial charge on any atom is 0.412 e. The number of aryl methyl sites for hydroxylation is 2. The van der Waals surface area contributed by atoms with Crippen molar-refractivity contribution < 1.29 is 14.3 Å². The molecule has 0 aliphatic rings. The fraction of sp³-hybridized carbons (Fsp3) is 0.300. The molecule has 0 saturated carbocycles. The molecular formula is C20H23NO3. The second kappa shape index (κ2) is 6.87. The number of nitrogens with one attached hydrogen (secondary N) is 1. The fourth-order valence-corrected chi connectivity index (χ4v) is 2.63. The van der Waals surface area contributed by atoms with Crippen LogP contribution in [0.4, 0.5) is 10.5 Å². The van der Waals surface area contributed by atoms with Crippen molar-refractivity contribution in [3.63, 3.8) is 0 Å². The third-order valence-electron chi connectivity index (χ3n) is 3.51. The van der Waals surface area contributed by atoms with Gasteiger partial charge < -0.3 is 4.74 Å². The van der Waals surface area contributed by atoms with Gasteiger partial charge in [0, 0.05) is 11.3 Å². The van der Waals surface area contributed by atoms with E-state index in [1.165, 1.54) is 0 Å². The van der Waals surface area contributed by atoms with Crippen LogP contribution in [0, 0.1) is 13.8 Å². The Kier molecular flexibility index (Phi) is 5.07. The van der Waals surface area contributed by atoms with E-state index in [0.717, 1.165) is 28.5 Å². The Bertz CT molecular complexity index is 753. The number of amides is 1. The number of aldehydes is 1. The van der Waals surface area contributed by atoms with Gasteiger partial charge in [-0.2, -0.15) is 0 Å². The van der Waals surface area contributed by atoms with Gasteiger partial charge in [0.2, 0.25) is 0 Å². The van der Waals surface area contributed by atoms with E-state index in [0.29, 0.717) is 11.3 Å². The van der Waals surface area contributed by atoms with E-state index in [4.69, 9.17) is 4.74 Å². The number of hydrogen-bond donors (Lipinski definition) is 1. The lowest BCUT2D eigenvalue weighted by Crippen LogP contribution is -2.27. The smallest absolute Gasteiger partial charge is 0.412 e. The highest BCUT2D eigenvalue weighted by atomic mass is 16.6. The molecule has 0 bridgehead atoms. The van der Waals surface area contributed by atoms with E-state index in [2.05, 4.69) is 5.32 Å². The quantitative estimate of drug-likeness (QED) is 0.796. The van der Waals surface area contributed by atoms with Gasteiger partial charge in [-0.3, -0.25) is 10.1 Å². The van der Waals surface area contributed by atoms with E-state index in [1.807, 2.05) is 44.2 Å². The first kappa shape index (κ1) is 17.7. The van der Waals surface area contributed by atoms with E-state index < -0.39 is 11.7 Å². The van der Waals surface area contributed by atoms with Crippen molar-refractivity contribution in [1.82, 2.24) is 0 Å². The van der Waals surface area contributed by atoms with Crippen LogP contribution in [0.3, 0.4) is 0 Å². The molecule has 0 unspecified atom stereocenters. The Morgan fingerprint density at radius 1 is 1.08 bits per heavy atom. The van der Waals surface area contributed by atoms with Crippen LogP contribution in [0.15, 0.2) is 36.4 Å². The summed E-state index contributed by atoms with van der Waals surface area (Å²) in [5, 5.41) is 2.70. The standard InChI is InChI=1S/C20H23NO3/c1-13-7-6-8-14(2)18(13)16-9-15(12-22)10-17(11-16)21-19(23)24-20(3,4)5/h6-12H,1-5H3,(H,21,23). The second-order valence-corrected chi connectivity index (χ2v) is 6.86. The van der Waals surface area contributed by atoms with E-state index in [9.17, 15) is 9.59 Å². The Labute approximate surface area is 142 Å². The highest BCUT2D eigenvalue weighted by molar-refractivity contribution is 5.90. The molecule has 4 heteroatoms. The first-order chi connectivity index (χ1) is 11.2. The first-order valence-corrected chi connectivity index (χ1v) is 7.86. The van der Waals surface area contributed by atoms with Crippen LogP contribution in [0.2, 0.25) is 0 Å². The maximum atomic E-state index is 12.0. The predicted molar refractivity (Wildman–Crippen MR) is 96.6 cm³/mol. The van der Waals surface area contributed by atoms with Crippen molar-refractivity contribution in [3.8, 4) is 11.1 Å². The third-order valence-corrected chi connectivity index (χ3v) is 3.51. The van der Waals surface area contributed by atoms with Gasteiger partial charge in [-0.05, 0) is 75.1 Å². The molecule has 0 spiro atoms. The summed E-state index contributed by atoms with van der Waals surface area (Å²) in [6, 6.07) is 11.4. The molecule has 2 rings (SSSR count). The topological polar surface area (TPSA) is 55.4 Å². The summed E-state index contributed by atoms with van der Waals surface area (Å²) >= 11 is 0. The van der Waals surface area contributed by atoms with Crippen LogP contribution in [0.1, 0.15) is 42.3 Å². The molecule has 126 valence electrons. The number of anilines is 1. The second-order valence-electron chi connectivity index (χ2n) is 6.86. The molecule has 1 N–H and O–H groups in total. The monoisotopic (exact) mass is 325 g/mol. The Morgan fingerprint density at radius 2 is 1.71 bits per heavy atom. The lowest BCUT2D eigenvalue weighted by atomic mass is 9.94. The number of benzene rings is 2. The Morgan fingerprint density at radius 3 is 2.25 bits per heavy atom. The molecule has 2 aromatic rings. The average molecular weight is 325 g/mol. The number of carbonyl (C=O) groups excluding carboxylic acids is 2. The molecule has 0 fully saturated rings. The summed E-state index contributed by atoms with van der Waals surface area (Å²) in [6.45, 7) is 9.46. The van der Waals surface area contributed by atoms with Gasteiger partial charge in [0.05, 0.1) is 0 Å². The van der Waals surface area contributed by atoms with Crippen LogP contribution < -0.4 is 5.32 Å². The van der Waals surface area contributed by atoms with E-state index in [1.54, 1.807) is 26.8 Å². The molecule has 2 aromatic carbocycles. The van der Waals surface area contributed by atoms with Crippen LogP contribution in [-0.2, 0) is 4.74 Å². The molecule has 0 aromatic heterocycles. The van der Waals surface area contributed by atoms with Crippen molar-refractivity contribution in [2.45, 2.75) is 40.2 Å². The van der Waals surface area contributed by atoms with Crippen LogP contribution >= 0.6 is 0 Å². The molecular weight excluding hydrogens is 302 g/mol. The minimum Gasteiger partial charge on any atom is -0.444 e. The molecule has 0 heterocycles. The molecule has 4 nitrogen and oxygen atoms in total. The lowest BCUT2D eigenvalue weighted by molar-refractivity contribution is 0.0635. The Balaban J connectivity index is 2.42.